The Morgan fingerprint density at radius 3 is 2.41 bits per heavy atom. The van der Waals surface area contributed by atoms with E-state index in [0.717, 1.165) is 17.7 Å². The Morgan fingerprint density at radius 2 is 1.66 bits per heavy atom. The maximum Gasteiger partial charge on any atom is 0.258 e. The highest BCUT2D eigenvalue weighted by Gasteiger charge is 2.18. The number of amides is 1. The molecule has 0 saturated carbocycles. The fourth-order valence-corrected chi connectivity index (χ4v) is 3.49. The predicted octanol–water partition coefficient (Wildman–Crippen LogP) is 4.55. The largest absolute Gasteiger partial charge is 0.494 e. The summed E-state index contributed by atoms with van der Waals surface area (Å²) in [5, 5.41) is 0.528. The van der Waals surface area contributed by atoms with Crippen LogP contribution in [-0.2, 0) is 13.1 Å². The molecular formula is C26H25N3O3. The first-order valence-corrected chi connectivity index (χ1v) is 10.7. The topological polar surface area (TPSA) is 75.3 Å². The molecule has 4 aromatic rings. The van der Waals surface area contributed by atoms with E-state index in [-0.39, 0.29) is 18.0 Å². The van der Waals surface area contributed by atoms with Crippen LogP contribution >= 0.6 is 0 Å². The second-order valence-electron chi connectivity index (χ2n) is 7.55. The number of H-pyrrole nitrogens is 1. The maximum absolute atomic E-state index is 13.4. The Hall–Kier alpha value is -3.93. The Labute approximate surface area is 186 Å². The quantitative estimate of drug-likeness (QED) is 0.447. The molecule has 0 bridgehead atoms. The van der Waals surface area contributed by atoms with Gasteiger partial charge in [-0.25, -0.2) is 4.98 Å². The van der Waals surface area contributed by atoms with Gasteiger partial charge in [0.25, 0.3) is 11.5 Å². The van der Waals surface area contributed by atoms with E-state index in [0.29, 0.717) is 35.4 Å². The minimum atomic E-state index is -0.213. The highest BCUT2D eigenvalue weighted by molar-refractivity contribution is 5.94. The molecule has 1 aromatic heterocycles. The van der Waals surface area contributed by atoms with Gasteiger partial charge in [-0.1, -0.05) is 49.4 Å². The number of aromatic nitrogens is 2. The maximum atomic E-state index is 13.4. The number of hydrogen-bond acceptors (Lipinski definition) is 4. The van der Waals surface area contributed by atoms with E-state index in [1.165, 1.54) is 0 Å². The lowest BCUT2D eigenvalue weighted by Crippen LogP contribution is -2.31. The van der Waals surface area contributed by atoms with Crippen molar-refractivity contribution in [1.82, 2.24) is 14.9 Å². The van der Waals surface area contributed by atoms with Gasteiger partial charge in [-0.05, 0) is 48.4 Å². The van der Waals surface area contributed by atoms with Crippen LogP contribution in [0.15, 0.2) is 83.7 Å². The van der Waals surface area contributed by atoms with Crippen LogP contribution in [0.4, 0.5) is 0 Å². The monoisotopic (exact) mass is 427 g/mol. The number of carbonyl (C=O) groups is 1. The second-order valence-corrected chi connectivity index (χ2v) is 7.55. The van der Waals surface area contributed by atoms with Gasteiger partial charge in [0.1, 0.15) is 11.6 Å². The lowest BCUT2D eigenvalue weighted by atomic mass is 10.1. The molecule has 1 heterocycles. The second kappa shape index (κ2) is 9.92. The van der Waals surface area contributed by atoms with Crippen LogP contribution in [0.2, 0.25) is 0 Å². The minimum Gasteiger partial charge on any atom is -0.494 e. The van der Waals surface area contributed by atoms with Crippen LogP contribution in [0, 0.1) is 0 Å². The van der Waals surface area contributed by atoms with E-state index < -0.39 is 0 Å². The average Bonchev–Trinajstić information content (AvgIpc) is 2.83. The minimum absolute atomic E-state index is 0.147. The number of nitrogens with one attached hydrogen (secondary N) is 1. The number of fused-ring (bicyclic) bond motifs is 1. The number of rotatable bonds is 8. The lowest BCUT2D eigenvalue weighted by molar-refractivity contribution is 0.0725. The third-order valence-electron chi connectivity index (χ3n) is 5.08. The Kier molecular flexibility index (Phi) is 6.60. The standard InChI is InChI=1S/C26H25N3O3/c1-2-16-32-21-14-12-20(13-15-21)26(31)29(17-19-8-4-3-5-9-19)18-24-27-23-11-7-6-10-22(23)25(30)28-24/h3-15H,2,16-18H2,1H3,(H,27,28,30). The van der Waals surface area contributed by atoms with Gasteiger partial charge in [0.2, 0.25) is 0 Å². The fourth-order valence-electron chi connectivity index (χ4n) is 3.49. The van der Waals surface area contributed by atoms with Crippen LogP contribution in [-0.4, -0.2) is 27.4 Å². The summed E-state index contributed by atoms with van der Waals surface area (Å²) < 4.78 is 5.62. The smallest absolute Gasteiger partial charge is 0.258 e. The van der Waals surface area contributed by atoms with Crippen molar-refractivity contribution in [3.63, 3.8) is 0 Å². The first-order valence-electron chi connectivity index (χ1n) is 10.7. The SMILES string of the molecule is CCCOc1ccc(C(=O)N(Cc2ccccc2)Cc2nc3ccccc3c(=O)[nH]2)cc1. The molecule has 0 saturated heterocycles. The zero-order valence-electron chi connectivity index (χ0n) is 18.0. The summed E-state index contributed by atoms with van der Waals surface area (Å²) >= 11 is 0. The molecule has 0 unspecified atom stereocenters. The normalized spacial score (nSPS) is 10.8. The molecule has 6 heteroatoms. The molecule has 32 heavy (non-hydrogen) atoms. The number of aromatic amines is 1. The van der Waals surface area contributed by atoms with Gasteiger partial charge >= 0.3 is 0 Å². The molecule has 3 aromatic carbocycles. The molecular weight excluding hydrogens is 402 g/mol. The fraction of sp³-hybridized carbons (Fsp3) is 0.192. The first kappa shape index (κ1) is 21.3. The predicted molar refractivity (Wildman–Crippen MR) is 125 cm³/mol. The van der Waals surface area contributed by atoms with Gasteiger partial charge < -0.3 is 14.6 Å². The summed E-state index contributed by atoms with van der Waals surface area (Å²) in [4.78, 5) is 35.0. The Balaban J connectivity index is 1.63. The van der Waals surface area contributed by atoms with E-state index >= 15 is 0 Å². The number of benzene rings is 3. The molecule has 0 aliphatic rings. The van der Waals surface area contributed by atoms with Crippen molar-refractivity contribution >= 4 is 16.8 Å². The summed E-state index contributed by atoms with van der Waals surface area (Å²) in [5.41, 5.74) is 1.94. The molecule has 4 rings (SSSR count). The van der Waals surface area contributed by atoms with Crippen molar-refractivity contribution in [1.29, 1.82) is 0 Å². The van der Waals surface area contributed by atoms with Crippen LogP contribution in [0.25, 0.3) is 10.9 Å². The highest BCUT2D eigenvalue weighted by Crippen LogP contribution is 2.17. The van der Waals surface area contributed by atoms with Crippen LogP contribution in [0.5, 0.6) is 5.75 Å². The van der Waals surface area contributed by atoms with Gasteiger partial charge in [-0.3, -0.25) is 9.59 Å². The molecule has 1 amide bonds. The molecule has 162 valence electrons. The van der Waals surface area contributed by atoms with Gasteiger partial charge in [0.05, 0.1) is 24.1 Å². The van der Waals surface area contributed by atoms with Crippen molar-refractivity contribution in [3.05, 3.63) is 106 Å². The molecule has 0 aliphatic heterocycles. The van der Waals surface area contributed by atoms with Gasteiger partial charge in [0.15, 0.2) is 0 Å². The number of para-hydroxylation sites is 1. The molecule has 6 nitrogen and oxygen atoms in total. The Bertz CT molecular complexity index is 1250. The molecule has 0 radical (unpaired) electrons. The number of nitrogens with zero attached hydrogens (tertiary/aromatic N) is 2. The van der Waals surface area contributed by atoms with Crippen molar-refractivity contribution in [2.75, 3.05) is 6.61 Å². The van der Waals surface area contributed by atoms with Crippen molar-refractivity contribution in [3.8, 4) is 5.75 Å². The van der Waals surface area contributed by atoms with Crippen molar-refractivity contribution < 1.29 is 9.53 Å². The van der Waals surface area contributed by atoms with E-state index in [4.69, 9.17) is 4.74 Å². The van der Waals surface area contributed by atoms with Gasteiger partial charge in [-0.15, -0.1) is 0 Å². The van der Waals surface area contributed by atoms with E-state index in [9.17, 15) is 9.59 Å². The van der Waals surface area contributed by atoms with E-state index in [1.807, 2.05) is 43.3 Å². The molecule has 1 N–H and O–H groups in total. The number of ether oxygens (including phenoxy) is 1. The molecule has 0 atom stereocenters. The lowest BCUT2D eigenvalue weighted by Gasteiger charge is -2.23. The molecule has 0 aliphatic carbocycles. The first-order chi connectivity index (χ1) is 15.6. The van der Waals surface area contributed by atoms with Crippen LogP contribution < -0.4 is 10.3 Å². The van der Waals surface area contributed by atoms with E-state index in [1.54, 1.807) is 47.4 Å². The third-order valence-corrected chi connectivity index (χ3v) is 5.08. The number of hydrogen-bond donors (Lipinski definition) is 1. The van der Waals surface area contributed by atoms with E-state index in [2.05, 4.69) is 9.97 Å². The molecule has 0 fully saturated rings. The number of carbonyl (C=O) groups excluding carboxylic acids is 1. The highest BCUT2D eigenvalue weighted by atomic mass is 16.5. The van der Waals surface area contributed by atoms with Crippen LogP contribution in [0.1, 0.15) is 35.1 Å². The zero-order chi connectivity index (χ0) is 22.3. The summed E-state index contributed by atoms with van der Waals surface area (Å²) in [6.45, 7) is 3.26. The average molecular weight is 428 g/mol. The molecule has 0 spiro atoms. The zero-order valence-corrected chi connectivity index (χ0v) is 18.0. The van der Waals surface area contributed by atoms with Gasteiger partial charge in [0, 0.05) is 12.1 Å². The third kappa shape index (κ3) is 5.03. The van der Waals surface area contributed by atoms with Gasteiger partial charge in [-0.2, -0.15) is 0 Å². The summed E-state index contributed by atoms with van der Waals surface area (Å²) in [5.74, 6) is 1.03. The van der Waals surface area contributed by atoms with Crippen molar-refractivity contribution in [2.45, 2.75) is 26.4 Å². The summed E-state index contributed by atoms with van der Waals surface area (Å²) in [6.07, 6.45) is 0.919. The summed E-state index contributed by atoms with van der Waals surface area (Å²) in [6, 6.07) is 24.1. The van der Waals surface area contributed by atoms with Crippen molar-refractivity contribution in [2.24, 2.45) is 0 Å². The van der Waals surface area contributed by atoms with Crippen LogP contribution in [0.3, 0.4) is 0 Å². The Morgan fingerprint density at radius 1 is 0.938 bits per heavy atom. The summed E-state index contributed by atoms with van der Waals surface area (Å²) in [7, 11) is 0.